The monoisotopic (exact) mass is 197 g/mol. The molecule has 0 amide bonds. The fourth-order valence-corrected chi connectivity index (χ4v) is 2.04. The molecule has 0 bridgehead atoms. The lowest BCUT2D eigenvalue weighted by molar-refractivity contribution is 0.682. The van der Waals surface area contributed by atoms with Gasteiger partial charge in [-0.15, -0.1) is 0 Å². The van der Waals surface area contributed by atoms with Gasteiger partial charge in [0.15, 0.2) is 0 Å². The first kappa shape index (κ1) is 10.4. The third-order valence-corrected chi connectivity index (χ3v) is 3.16. The predicted octanol–water partition coefficient (Wildman–Crippen LogP) is 0.936. The van der Waals surface area contributed by atoms with Crippen LogP contribution in [0.3, 0.4) is 0 Å². The first-order valence-corrected chi connectivity index (χ1v) is 5.90. The van der Waals surface area contributed by atoms with Gasteiger partial charge in [0.05, 0.1) is 0 Å². The van der Waals surface area contributed by atoms with Crippen molar-refractivity contribution in [3.63, 3.8) is 0 Å². The molecule has 1 unspecified atom stereocenters. The zero-order valence-electron chi connectivity index (χ0n) is 7.61. The summed E-state index contributed by atoms with van der Waals surface area (Å²) in [5.41, 5.74) is 6.55. The molecule has 1 rings (SSSR count). The number of aryl methyl sites for hydroxylation is 1. The molecule has 0 aliphatic carbocycles. The number of hydrogen-bond acceptors (Lipinski definition) is 2. The highest BCUT2D eigenvalue weighted by molar-refractivity contribution is 7.85. The maximum Gasteiger partial charge on any atom is 0.0357 e. The maximum atomic E-state index is 11.2. The van der Waals surface area contributed by atoms with Crippen LogP contribution in [0, 0.1) is 0 Å². The normalized spacial score (nSPS) is 12.7. The molecule has 3 heteroatoms. The molecule has 0 heterocycles. The van der Waals surface area contributed by atoms with Crippen LogP contribution >= 0.6 is 0 Å². The average molecular weight is 197 g/mol. The number of hydrogen-bond donors (Lipinski definition) is 1. The molecule has 1 aromatic rings. The molecule has 13 heavy (non-hydrogen) atoms. The van der Waals surface area contributed by atoms with E-state index in [1.165, 1.54) is 5.56 Å². The molecule has 2 nitrogen and oxygen atoms in total. The number of nitrogens with two attached hydrogens (primary N) is 1. The topological polar surface area (TPSA) is 43.1 Å². The lowest BCUT2D eigenvalue weighted by atomic mass is 10.2. The minimum absolute atomic E-state index is 0.515. The van der Waals surface area contributed by atoms with Gasteiger partial charge in [-0.25, -0.2) is 0 Å². The summed E-state index contributed by atoms with van der Waals surface area (Å²) in [4.78, 5) is 0. The highest BCUT2D eigenvalue weighted by Gasteiger charge is 1.98. The minimum atomic E-state index is -0.746. The lowest BCUT2D eigenvalue weighted by Crippen LogP contribution is -2.13. The summed E-state index contributed by atoms with van der Waals surface area (Å²) in [6.07, 6.45) is 0.882. The molecule has 0 saturated carbocycles. The van der Waals surface area contributed by atoms with Gasteiger partial charge in [-0.05, 0) is 12.0 Å². The molecular weight excluding hydrogens is 182 g/mol. The molecule has 1 aromatic carbocycles. The van der Waals surface area contributed by atoms with Gasteiger partial charge in [0.2, 0.25) is 0 Å². The van der Waals surface area contributed by atoms with E-state index in [1.807, 2.05) is 18.2 Å². The van der Waals surface area contributed by atoms with E-state index in [0.29, 0.717) is 12.3 Å². The maximum absolute atomic E-state index is 11.2. The summed E-state index contributed by atoms with van der Waals surface area (Å²) in [6, 6.07) is 10.1. The van der Waals surface area contributed by atoms with Gasteiger partial charge in [0, 0.05) is 28.9 Å². The fourth-order valence-electron chi connectivity index (χ4n) is 1.11. The zero-order valence-corrected chi connectivity index (χ0v) is 8.43. The van der Waals surface area contributed by atoms with Crippen LogP contribution in [0.2, 0.25) is 0 Å². The van der Waals surface area contributed by atoms with Crippen molar-refractivity contribution in [2.24, 2.45) is 5.73 Å². The Balaban J connectivity index is 2.31. The Morgan fingerprint density at radius 2 is 1.85 bits per heavy atom. The summed E-state index contributed by atoms with van der Waals surface area (Å²) >= 11 is 0. The molecule has 0 spiro atoms. The van der Waals surface area contributed by atoms with Gasteiger partial charge < -0.3 is 5.73 Å². The van der Waals surface area contributed by atoms with Crippen molar-refractivity contribution >= 4 is 10.8 Å². The quantitative estimate of drug-likeness (QED) is 0.763. The van der Waals surface area contributed by atoms with Crippen LogP contribution in [0.25, 0.3) is 0 Å². The van der Waals surface area contributed by atoms with E-state index in [0.717, 1.165) is 12.2 Å². The Morgan fingerprint density at radius 3 is 2.46 bits per heavy atom. The standard InChI is InChI=1S/C10H15NOS/c11-7-9-13(12)8-6-10-4-2-1-3-5-10/h1-5H,6-9,11H2. The number of benzene rings is 1. The third-order valence-electron chi connectivity index (χ3n) is 1.81. The number of rotatable bonds is 5. The summed E-state index contributed by atoms with van der Waals surface area (Å²) in [5, 5.41) is 0. The fraction of sp³-hybridized carbons (Fsp3) is 0.400. The SMILES string of the molecule is NCCS(=O)CCc1ccccc1. The summed E-state index contributed by atoms with van der Waals surface area (Å²) in [6.45, 7) is 0.515. The Bertz CT molecular complexity index is 261. The average Bonchev–Trinajstić information content (AvgIpc) is 2.17. The van der Waals surface area contributed by atoms with Crippen molar-refractivity contribution in [2.45, 2.75) is 6.42 Å². The molecule has 1 atom stereocenters. The van der Waals surface area contributed by atoms with Gasteiger partial charge in [0.25, 0.3) is 0 Å². The van der Waals surface area contributed by atoms with Crippen molar-refractivity contribution in [3.05, 3.63) is 35.9 Å². The molecule has 0 aromatic heterocycles. The van der Waals surface area contributed by atoms with Crippen molar-refractivity contribution < 1.29 is 4.21 Å². The van der Waals surface area contributed by atoms with Crippen molar-refractivity contribution in [1.29, 1.82) is 0 Å². The third kappa shape index (κ3) is 4.20. The molecule has 72 valence electrons. The molecular formula is C10H15NOS. The summed E-state index contributed by atoms with van der Waals surface area (Å²) in [5.74, 6) is 1.34. The van der Waals surface area contributed by atoms with Crippen molar-refractivity contribution in [3.8, 4) is 0 Å². The largest absolute Gasteiger partial charge is 0.330 e. The van der Waals surface area contributed by atoms with E-state index in [2.05, 4.69) is 12.1 Å². The van der Waals surface area contributed by atoms with Crippen LogP contribution in [0.5, 0.6) is 0 Å². The molecule has 0 radical (unpaired) electrons. The van der Waals surface area contributed by atoms with E-state index in [9.17, 15) is 4.21 Å². The Labute approximate surface area is 81.6 Å². The second-order valence-electron chi connectivity index (χ2n) is 2.87. The van der Waals surface area contributed by atoms with Crippen LogP contribution in [-0.4, -0.2) is 22.3 Å². The van der Waals surface area contributed by atoms with Crippen molar-refractivity contribution in [2.75, 3.05) is 18.1 Å². The van der Waals surface area contributed by atoms with E-state index >= 15 is 0 Å². The van der Waals surface area contributed by atoms with Gasteiger partial charge in [-0.3, -0.25) is 4.21 Å². The molecule has 0 saturated heterocycles. The van der Waals surface area contributed by atoms with Gasteiger partial charge in [-0.2, -0.15) is 0 Å². The second-order valence-corrected chi connectivity index (χ2v) is 4.57. The zero-order chi connectivity index (χ0) is 9.52. The van der Waals surface area contributed by atoms with Crippen LogP contribution in [0.1, 0.15) is 5.56 Å². The highest BCUT2D eigenvalue weighted by Crippen LogP contribution is 2.00. The molecule has 2 N–H and O–H groups in total. The Hall–Kier alpha value is -0.670. The van der Waals surface area contributed by atoms with Crippen LogP contribution in [0.4, 0.5) is 0 Å². The van der Waals surface area contributed by atoms with Gasteiger partial charge >= 0.3 is 0 Å². The van der Waals surface area contributed by atoms with E-state index < -0.39 is 10.8 Å². The van der Waals surface area contributed by atoms with E-state index in [1.54, 1.807) is 0 Å². The Kier molecular flexibility index (Phi) is 4.72. The first-order valence-electron chi connectivity index (χ1n) is 4.42. The van der Waals surface area contributed by atoms with E-state index in [4.69, 9.17) is 5.73 Å². The second kappa shape index (κ2) is 5.89. The van der Waals surface area contributed by atoms with Gasteiger partial charge in [0.1, 0.15) is 0 Å². The smallest absolute Gasteiger partial charge is 0.0357 e. The predicted molar refractivity (Wildman–Crippen MR) is 57.1 cm³/mol. The van der Waals surface area contributed by atoms with Crippen molar-refractivity contribution in [1.82, 2.24) is 0 Å². The Morgan fingerprint density at radius 1 is 1.15 bits per heavy atom. The molecule has 0 aliphatic rings. The lowest BCUT2D eigenvalue weighted by Gasteiger charge is -2.00. The molecule has 0 fully saturated rings. The van der Waals surface area contributed by atoms with Crippen LogP contribution in [-0.2, 0) is 17.2 Å². The first-order chi connectivity index (χ1) is 6.33. The van der Waals surface area contributed by atoms with Gasteiger partial charge in [-0.1, -0.05) is 30.3 Å². The van der Waals surface area contributed by atoms with Crippen LogP contribution < -0.4 is 5.73 Å². The summed E-state index contributed by atoms with van der Waals surface area (Å²) < 4.78 is 11.2. The van der Waals surface area contributed by atoms with E-state index in [-0.39, 0.29) is 0 Å². The molecule has 0 aliphatic heterocycles. The minimum Gasteiger partial charge on any atom is -0.330 e. The van der Waals surface area contributed by atoms with Crippen LogP contribution in [0.15, 0.2) is 30.3 Å². The highest BCUT2D eigenvalue weighted by atomic mass is 32.2. The summed E-state index contributed by atoms with van der Waals surface area (Å²) in [7, 11) is -0.746.